The minimum atomic E-state index is -0.393. The third-order valence-electron chi connectivity index (χ3n) is 4.50. The van der Waals surface area contributed by atoms with Gasteiger partial charge < -0.3 is 14.6 Å². The summed E-state index contributed by atoms with van der Waals surface area (Å²) in [4.78, 5) is 25.3. The van der Waals surface area contributed by atoms with Crippen LogP contribution in [0.25, 0.3) is 0 Å². The molecule has 0 saturated carbocycles. The van der Waals surface area contributed by atoms with E-state index in [1.54, 1.807) is 13.8 Å². The molecule has 25 heavy (non-hydrogen) atoms. The molecule has 1 heterocycles. The van der Waals surface area contributed by atoms with Crippen LogP contribution in [0.4, 0.5) is 5.69 Å². The first kappa shape index (κ1) is 18.8. The molecule has 0 atom stereocenters. The molecule has 2 aromatic rings. The normalized spacial score (nSPS) is 10.6. The summed E-state index contributed by atoms with van der Waals surface area (Å²) in [6.45, 7) is 12.2. The van der Waals surface area contributed by atoms with Crippen LogP contribution in [0.1, 0.15) is 57.1 Å². The van der Waals surface area contributed by atoms with E-state index in [1.807, 2.05) is 50.5 Å². The van der Waals surface area contributed by atoms with Gasteiger partial charge in [0.05, 0.1) is 12.2 Å². The number of nitrogens with zero attached hydrogens (tertiary/aromatic N) is 1. The standard InChI is InChI=1S/C20H26N2O3/c1-7-22-15(6)16(14(5)18(22)20(24)25-8-2)19(23)21-17-12(3)10-9-11-13(17)4/h9-11H,7-8H2,1-6H3,(H,21,23). The third-order valence-corrected chi connectivity index (χ3v) is 4.50. The lowest BCUT2D eigenvalue weighted by Crippen LogP contribution is -2.15. The molecule has 0 fully saturated rings. The van der Waals surface area contributed by atoms with E-state index in [1.165, 1.54) is 0 Å². The number of hydrogen-bond acceptors (Lipinski definition) is 3. The topological polar surface area (TPSA) is 60.3 Å². The first-order chi connectivity index (χ1) is 11.8. The Hall–Kier alpha value is -2.56. The van der Waals surface area contributed by atoms with Gasteiger partial charge in [0.2, 0.25) is 0 Å². The number of anilines is 1. The van der Waals surface area contributed by atoms with E-state index in [0.29, 0.717) is 30.0 Å². The maximum absolute atomic E-state index is 12.9. The molecule has 0 spiro atoms. The maximum atomic E-state index is 12.9. The second-order valence-corrected chi connectivity index (χ2v) is 6.12. The quantitative estimate of drug-likeness (QED) is 0.830. The fourth-order valence-electron chi connectivity index (χ4n) is 3.28. The van der Waals surface area contributed by atoms with Crippen LogP contribution in [0.15, 0.2) is 18.2 Å². The Kier molecular flexibility index (Phi) is 5.67. The number of para-hydroxylation sites is 1. The van der Waals surface area contributed by atoms with Crippen LogP contribution in [-0.2, 0) is 11.3 Å². The van der Waals surface area contributed by atoms with Crippen molar-refractivity contribution < 1.29 is 14.3 Å². The van der Waals surface area contributed by atoms with Gasteiger partial charge in [0, 0.05) is 17.9 Å². The van der Waals surface area contributed by atoms with Gasteiger partial charge in [-0.25, -0.2) is 4.79 Å². The van der Waals surface area contributed by atoms with Crippen molar-refractivity contribution in [3.8, 4) is 0 Å². The van der Waals surface area contributed by atoms with Crippen LogP contribution in [0, 0.1) is 27.7 Å². The Morgan fingerprint density at radius 2 is 1.68 bits per heavy atom. The predicted molar refractivity (Wildman–Crippen MR) is 99.4 cm³/mol. The number of rotatable bonds is 5. The molecule has 0 aliphatic carbocycles. The van der Waals surface area contributed by atoms with Crippen LogP contribution >= 0.6 is 0 Å². The molecule has 134 valence electrons. The van der Waals surface area contributed by atoms with Crippen molar-refractivity contribution in [3.63, 3.8) is 0 Å². The van der Waals surface area contributed by atoms with Crippen molar-refractivity contribution in [1.82, 2.24) is 4.57 Å². The molecule has 0 aliphatic rings. The zero-order valence-electron chi connectivity index (χ0n) is 15.8. The Balaban J connectivity index is 2.49. The summed E-state index contributed by atoms with van der Waals surface area (Å²) in [7, 11) is 0. The number of benzene rings is 1. The summed E-state index contributed by atoms with van der Waals surface area (Å²) in [5.41, 5.74) is 5.23. The van der Waals surface area contributed by atoms with Crippen molar-refractivity contribution in [1.29, 1.82) is 0 Å². The average molecular weight is 342 g/mol. The zero-order chi connectivity index (χ0) is 18.7. The highest BCUT2D eigenvalue weighted by atomic mass is 16.5. The molecule has 5 heteroatoms. The van der Waals surface area contributed by atoms with Crippen molar-refractivity contribution in [3.05, 3.63) is 51.8 Å². The van der Waals surface area contributed by atoms with Crippen molar-refractivity contribution in [2.45, 2.75) is 48.1 Å². The molecular weight excluding hydrogens is 316 g/mol. The van der Waals surface area contributed by atoms with Gasteiger partial charge >= 0.3 is 5.97 Å². The highest BCUT2D eigenvalue weighted by Crippen LogP contribution is 2.26. The Labute approximate surface area is 149 Å². The van der Waals surface area contributed by atoms with Gasteiger partial charge in [0.25, 0.3) is 5.91 Å². The highest BCUT2D eigenvalue weighted by molar-refractivity contribution is 6.09. The summed E-state index contributed by atoms with van der Waals surface area (Å²) in [6.07, 6.45) is 0. The van der Waals surface area contributed by atoms with Crippen LogP contribution in [0.5, 0.6) is 0 Å². The van der Waals surface area contributed by atoms with E-state index in [-0.39, 0.29) is 5.91 Å². The molecule has 1 amide bonds. The number of hydrogen-bond donors (Lipinski definition) is 1. The zero-order valence-corrected chi connectivity index (χ0v) is 15.8. The van der Waals surface area contributed by atoms with Crippen LogP contribution in [0.3, 0.4) is 0 Å². The molecule has 1 N–H and O–H groups in total. The lowest BCUT2D eigenvalue weighted by atomic mass is 10.1. The number of carbonyl (C=O) groups is 2. The Bertz CT molecular complexity index is 799. The molecule has 2 rings (SSSR count). The molecule has 0 unspecified atom stereocenters. The number of amides is 1. The SMILES string of the molecule is CCOC(=O)c1c(C)c(C(=O)Nc2c(C)cccc2C)c(C)n1CC. The lowest BCUT2D eigenvalue weighted by Gasteiger charge is -2.12. The van der Waals surface area contributed by atoms with Gasteiger partial charge in [-0.3, -0.25) is 4.79 Å². The van der Waals surface area contributed by atoms with Crippen LogP contribution < -0.4 is 5.32 Å². The monoisotopic (exact) mass is 342 g/mol. The van der Waals surface area contributed by atoms with Crippen molar-refractivity contribution in [2.75, 3.05) is 11.9 Å². The molecule has 0 saturated heterocycles. The second kappa shape index (κ2) is 7.55. The van der Waals surface area contributed by atoms with E-state index in [9.17, 15) is 9.59 Å². The first-order valence-corrected chi connectivity index (χ1v) is 8.57. The summed E-state index contributed by atoms with van der Waals surface area (Å²) in [5.74, 6) is -0.596. The molecule has 0 bridgehead atoms. The van der Waals surface area contributed by atoms with E-state index in [4.69, 9.17) is 4.74 Å². The van der Waals surface area contributed by atoms with Crippen LogP contribution in [-0.4, -0.2) is 23.1 Å². The number of esters is 1. The second-order valence-electron chi connectivity index (χ2n) is 6.12. The fourth-order valence-corrected chi connectivity index (χ4v) is 3.28. The largest absolute Gasteiger partial charge is 0.461 e. The number of aromatic nitrogens is 1. The Morgan fingerprint density at radius 1 is 1.08 bits per heavy atom. The third kappa shape index (κ3) is 3.45. The van der Waals surface area contributed by atoms with Gasteiger partial charge in [-0.15, -0.1) is 0 Å². The van der Waals surface area contributed by atoms with E-state index in [0.717, 1.165) is 22.5 Å². The molecule has 1 aromatic heterocycles. The van der Waals surface area contributed by atoms with Gasteiger partial charge in [0.15, 0.2) is 0 Å². The minimum absolute atomic E-state index is 0.204. The summed E-state index contributed by atoms with van der Waals surface area (Å²) in [6, 6.07) is 5.89. The first-order valence-electron chi connectivity index (χ1n) is 8.57. The average Bonchev–Trinajstić information content (AvgIpc) is 2.81. The fraction of sp³-hybridized carbons (Fsp3) is 0.400. The minimum Gasteiger partial charge on any atom is -0.461 e. The van der Waals surface area contributed by atoms with Crippen molar-refractivity contribution in [2.24, 2.45) is 0 Å². The van der Waals surface area contributed by atoms with Gasteiger partial charge in [0.1, 0.15) is 5.69 Å². The smallest absolute Gasteiger partial charge is 0.355 e. The molecular formula is C20H26N2O3. The van der Waals surface area contributed by atoms with E-state index in [2.05, 4.69) is 5.32 Å². The van der Waals surface area contributed by atoms with E-state index < -0.39 is 5.97 Å². The van der Waals surface area contributed by atoms with Gasteiger partial charge in [-0.2, -0.15) is 0 Å². The lowest BCUT2D eigenvalue weighted by molar-refractivity contribution is 0.0512. The predicted octanol–water partition coefficient (Wildman–Crippen LogP) is 4.17. The number of nitrogens with one attached hydrogen (secondary N) is 1. The number of ether oxygens (including phenoxy) is 1. The van der Waals surface area contributed by atoms with Crippen LogP contribution in [0.2, 0.25) is 0 Å². The summed E-state index contributed by atoms with van der Waals surface area (Å²) >= 11 is 0. The Morgan fingerprint density at radius 3 is 2.20 bits per heavy atom. The maximum Gasteiger partial charge on any atom is 0.355 e. The number of carbonyl (C=O) groups excluding carboxylic acids is 2. The van der Waals surface area contributed by atoms with Gasteiger partial charge in [-0.1, -0.05) is 18.2 Å². The highest BCUT2D eigenvalue weighted by Gasteiger charge is 2.27. The van der Waals surface area contributed by atoms with E-state index >= 15 is 0 Å². The molecule has 1 aromatic carbocycles. The van der Waals surface area contributed by atoms with Gasteiger partial charge in [-0.05, 0) is 58.2 Å². The summed E-state index contributed by atoms with van der Waals surface area (Å²) < 4.78 is 7.00. The molecule has 0 radical (unpaired) electrons. The van der Waals surface area contributed by atoms with Crippen molar-refractivity contribution >= 4 is 17.6 Å². The molecule has 5 nitrogen and oxygen atoms in total. The number of aryl methyl sites for hydroxylation is 2. The molecule has 0 aliphatic heterocycles. The summed E-state index contributed by atoms with van der Waals surface area (Å²) in [5, 5.41) is 3.01.